The van der Waals surface area contributed by atoms with Crippen molar-refractivity contribution in [1.82, 2.24) is 9.88 Å². The summed E-state index contributed by atoms with van der Waals surface area (Å²) >= 11 is 3.38. The molecule has 0 radical (unpaired) electrons. The van der Waals surface area contributed by atoms with Crippen LogP contribution in [0, 0.1) is 5.41 Å². The van der Waals surface area contributed by atoms with Gasteiger partial charge in [0.05, 0.1) is 10.4 Å². The standard InChI is InChI=1S/C21H32N2OS2/c1-8-11-18(17-12-10-13-22-14-17)26-19(16(3)9-2)23(6)20(24)21(4,5)15-25-7/h10-14H,8-9,15H2,1-7H3/b18-11-,19-16+. The first-order valence-corrected chi connectivity index (χ1v) is 11.2. The first-order valence-electron chi connectivity index (χ1n) is 9.03. The monoisotopic (exact) mass is 392 g/mol. The van der Waals surface area contributed by atoms with E-state index in [2.05, 4.69) is 37.9 Å². The van der Waals surface area contributed by atoms with Gasteiger partial charge < -0.3 is 4.90 Å². The molecule has 1 rings (SSSR count). The van der Waals surface area contributed by atoms with Crippen LogP contribution in [0.15, 0.2) is 41.2 Å². The Morgan fingerprint density at radius 3 is 2.54 bits per heavy atom. The fourth-order valence-corrected chi connectivity index (χ4v) is 4.66. The first kappa shape index (κ1) is 22.8. The Balaban J connectivity index is 3.23. The van der Waals surface area contributed by atoms with Crippen molar-refractivity contribution in [2.24, 2.45) is 5.41 Å². The molecule has 0 fully saturated rings. The Hall–Kier alpha value is -1.20. The fourth-order valence-electron chi connectivity index (χ4n) is 2.58. The number of nitrogens with zero attached hydrogens (tertiary/aromatic N) is 2. The van der Waals surface area contributed by atoms with Crippen LogP contribution in [-0.2, 0) is 4.79 Å². The van der Waals surface area contributed by atoms with Gasteiger partial charge in [-0.3, -0.25) is 9.78 Å². The summed E-state index contributed by atoms with van der Waals surface area (Å²) < 4.78 is 0. The average Bonchev–Trinajstić information content (AvgIpc) is 2.64. The van der Waals surface area contributed by atoms with Crippen molar-refractivity contribution in [1.29, 1.82) is 0 Å². The van der Waals surface area contributed by atoms with Gasteiger partial charge in [-0.05, 0) is 37.7 Å². The van der Waals surface area contributed by atoms with Crippen molar-refractivity contribution in [2.45, 2.75) is 47.5 Å². The van der Waals surface area contributed by atoms with Gasteiger partial charge in [-0.1, -0.05) is 51.6 Å². The van der Waals surface area contributed by atoms with E-state index in [0.29, 0.717) is 0 Å². The quantitative estimate of drug-likeness (QED) is 0.512. The van der Waals surface area contributed by atoms with Gasteiger partial charge in [0.15, 0.2) is 0 Å². The third-order valence-electron chi connectivity index (χ3n) is 4.13. The lowest BCUT2D eigenvalue weighted by Gasteiger charge is -2.31. The molecule has 0 aromatic carbocycles. The minimum Gasteiger partial charge on any atom is -0.309 e. The zero-order valence-electron chi connectivity index (χ0n) is 17.1. The minimum absolute atomic E-state index is 0.157. The third kappa shape index (κ3) is 6.20. The summed E-state index contributed by atoms with van der Waals surface area (Å²) in [7, 11) is 1.90. The number of aromatic nitrogens is 1. The number of hydrogen-bond acceptors (Lipinski definition) is 4. The van der Waals surface area contributed by atoms with Gasteiger partial charge in [0.1, 0.15) is 0 Å². The minimum atomic E-state index is -0.392. The van der Waals surface area contributed by atoms with Crippen LogP contribution in [0.25, 0.3) is 4.91 Å². The third-order valence-corrected chi connectivity index (χ3v) is 6.58. The van der Waals surface area contributed by atoms with Crippen LogP contribution < -0.4 is 0 Å². The summed E-state index contributed by atoms with van der Waals surface area (Å²) in [5, 5.41) is 1.02. The molecule has 0 aliphatic rings. The zero-order chi connectivity index (χ0) is 19.7. The highest BCUT2D eigenvalue weighted by molar-refractivity contribution is 8.11. The van der Waals surface area contributed by atoms with Gasteiger partial charge >= 0.3 is 0 Å². The van der Waals surface area contributed by atoms with E-state index >= 15 is 0 Å². The summed E-state index contributed by atoms with van der Waals surface area (Å²) in [5.74, 6) is 0.962. The summed E-state index contributed by atoms with van der Waals surface area (Å²) in [6, 6.07) is 4.02. The maximum Gasteiger partial charge on any atom is 0.233 e. The molecule has 0 saturated heterocycles. The lowest BCUT2D eigenvalue weighted by atomic mass is 9.94. The Kier molecular flexibility index (Phi) is 9.51. The predicted octanol–water partition coefficient (Wildman–Crippen LogP) is 6.05. The SMILES string of the molecule is CC/C=C(\S/C(=C(\C)CC)N(C)C(=O)C(C)(C)CSC)c1cccnc1. The number of allylic oxidation sites excluding steroid dienone is 2. The number of rotatable bonds is 9. The first-order chi connectivity index (χ1) is 12.3. The number of thioether (sulfide) groups is 2. The number of amides is 1. The second-order valence-corrected chi connectivity index (χ2v) is 8.84. The smallest absolute Gasteiger partial charge is 0.233 e. The van der Waals surface area contributed by atoms with Crippen LogP contribution in [0.3, 0.4) is 0 Å². The normalized spacial score (nSPS) is 13.4. The number of carbonyl (C=O) groups is 1. The molecule has 1 heterocycles. The van der Waals surface area contributed by atoms with Crippen LogP contribution in [-0.4, -0.2) is 34.8 Å². The molecule has 0 atom stereocenters. The fraction of sp³-hybridized carbons (Fsp3) is 0.524. The highest BCUT2D eigenvalue weighted by Gasteiger charge is 2.32. The lowest BCUT2D eigenvalue weighted by Crippen LogP contribution is -2.39. The molecular formula is C21H32N2OS2. The molecule has 0 unspecified atom stereocenters. The molecule has 0 N–H and O–H groups in total. The molecule has 144 valence electrons. The molecule has 0 saturated carbocycles. The Morgan fingerprint density at radius 2 is 2.04 bits per heavy atom. The van der Waals surface area contributed by atoms with Crippen LogP contribution in [0.4, 0.5) is 0 Å². The molecule has 26 heavy (non-hydrogen) atoms. The van der Waals surface area contributed by atoms with Gasteiger partial charge in [-0.2, -0.15) is 11.8 Å². The maximum absolute atomic E-state index is 13.1. The largest absolute Gasteiger partial charge is 0.309 e. The molecule has 1 amide bonds. The Morgan fingerprint density at radius 1 is 1.35 bits per heavy atom. The molecule has 0 aliphatic carbocycles. The van der Waals surface area contributed by atoms with Crippen molar-refractivity contribution < 1.29 is 4.79 Å². The predicted molar refractivity (Wildman–Crippen MR) is 118 cm³/mol. The number of pyridine rings is 1. The van der Waals surface area contributed by atoms with Crippen LogP contribution in [0.1, 0.15) is 53.0 Å². The van der Waals surface area contributed by atoms with Crippen LogP contribution in [0.2, 0.25) is 0 Å². The van der Waals surface area contributed by atoms with Crippen molar-refractivity contribution in [3.8, 4) is 0 Å². The molecule has 5 heteroatoms. The highest BCUT2D eigenvalue weighted by atomic mass is 32.2. The van der Waals surface area contributed by atoms with E-state index in [1.165, 1.54) is 5.57 Å². The molecule has 0 bridgehead atoms. The second kappa shape index (κ2) is 10.8. The van der Waals surface area contributed by atoms with E-state index in [-0.39, 0.29) is 5.91 Å². The van der Waals surface area contributed by atoms with Crippen molar-refractivity contribution >= 4 is 34.3 Å². The maximum atomic E-state index is 13.1. The molecule has 1 aromatic rings. The second-order valence-electron chi connectivity index (χ2n) is 6.94. The van der Waals surface area contributed by atoms with Gasteiger partial charge in [0.2, 0.25) is 5.91 Å². The van der Waals surface area contributed by atoms with Crippen LogP contribution >= 0.6 is 23.5 Å². The highest BCUT2D eigenvalue weighted by Crippen LogP contribution is 2.39. The molecule has 0 aliphatic heterocycles. The van der Waals surface area contributed by atoms with Gasteiger partial charge in [-0.25, -0.2) is 0 Å². The summed E-state index contributed by atoms with van der Waals surface area (Å²) in [5.41, 5.74) is 1.92. The number of hydrogen-bond donors (Lipinski definition) is 0. The van der Waals surface area contributed by atoms with E-state index in [9.17, 15) is 4.79 Å². The van der Waals surface area contributed by atoms with E-state index in [1.54, 1.807) is 29.7 Å². The van der Waals surface area contributed by atoms with Crippen LogP contribution in [0.5, 0.6) is 0 Å². The molecule has 3 nitrogen and oxygen atoms in total. The average molecular weight is 393 g/mol. The summed E-state index contributed by atoms with van der Waals surface area (Å²) in [6.07, 6.45) is 9.76. The van der Waals surface area contributed by atoms with E-state index in [0.717, 1.165) is 34.1 Å². The van der Waals surface area contributed by atoms with Gasteiger partial charge in [0, 0.05) is 35.7 Å². The van der Waals surface area contributed by atoms with E-state index in [4.69, 9.17) is 0 Å². The van der Waals surface area contributed by atoms with Crippen molar-refractivity contribution in [3.63, 3.8) is 0 Å². The Labute approximate surface area is 167 Å². The van der Waals surface area contributed by atoms with Gasteiger partial charge in [-0.15, -0.1) is 0 Å². The molecule has 1 aromatic heterocycles. The zero-order valence-corrected chi connectivity index (χ0v) is 18.8. The molecule has 0 spiro atoms. The topological polar surface area (TPSA) is 33.2 Å². The molecular weight excluding hydrogens is 360 g/mol. The summed E-state index contributed by atoms with van der Waals surface area (Å²) in [4.78, 5) is 20.4. The van der Waals surface area contributed by atoms with Crippen molar-refractivity contribution in [3.05, 3.63) is 46.8 Å². The van der Waals surface area contributed by atoms with E-state index < -0.39 is 5.41 Å². The van der Waals surface area contributed by atoms with Crippen molar-refractivity contribution in [2.75, 3.05) is 19.1 Å². The lowest BCUT2D eigenvalue weighted by molar-refractivity contribution is -0.135. The van der Waals surface area contributed by atoms with Gasteiger partial charge in [0.25, 0.3) is 0 Å². The summed E-state index contributed by atoms with van der Waals surface area (Å²) in [6.45, 7) is 10.4. The Bertz CT molecular complexity index is 651. The van der Waals surface area contributed by atoms with E-state index in [1.807, 2.05) is 44.3 Å². The number of carbonyl (C=O) groups excluding carboxylic acids is 1.